The monoisotopic (exact) mass is 517 g/mol. The van der Waals surface area contributed by atoms with Gasteiger partial charge in [0.1, 0.15) is 18.1 Å². The van der Waals surface area contributed by atoms with Gasteiger partial charge in [0.2, 0.25) is 4.96 Å². The summed E-state index contributed by atoms with van der Waals surface area (Å²) in [5.41, 5.74) is 5.08. The highest BCUT2D eigenvalue weighted by molar-refractivity contribution is 7.15. The molecule has 8 heteroatoms. The molecule has 0 spiro atoms. The summed E-state index contributed by atoms with van der Waals surface area (Å²) in [5.74, 6) is 1.33. The van der Waals surface area contributed by atoms with E-state index in [4.69, 9.17) is 9.84 Å². The van der Waals surface area contributed by atoms with Gasteiger partial charge < -0.3 is 4.74 Å². The summed E-state index contributed by atoms with van der Waals surface area (Å²) in [6, 6.07) is 25.5. The Balaban J connectivity index is 1.47. The van der Waals surface area contributed by atoms with Crippen LogP contribution in [0, 0.1) is 6.92 Å². The Morgan fingerprint density at radius 1 is 0.974 bits per heavy atom. The van der Waals surface area contributed by atoms with Gasteiger partial charge in [-0.2, -0.15) is 14.6 Å². The lowest BCUT2D eigenvalue weighted by molar-refractivity contribution is 0.361. The first-order valence-electron chi connectivity index (χ1n) is 12.1. The lowest BCUT2D eigenvalue weighted by atomic mass is 10.0. The van der Waals surface area contributed by atoms with Gasteiger partial charge in [0, 0.05) is 22.9 Å². The smallest absolute Gasteiger partial charge is 0.291 e. The van der Waals surface area contributed by atoms with Crippen LogP contribution >= 0.6 is 11.3 Å². The van der Waals surface area contributed by atoms with Crippen molar-refractivity contribution in [2.75, 3.05) is 6.61 Å². The minimum absolute atomic E-state index is 0.206. The highest BCUT2D eigenvalue weighted by Crippen LogP contribution is 2.29. The first-order chi connectivity index (χ1) is 18.6. The SMILES string of the molecule is C=CCOc1ccc(-c2nn(-c3ccccc3)cc2/C=c2\sc3nc(-c4ccccc4)nn3c2=O)cc1C. The molecule has 6 aromatic rings. The standard InChI is InChI=1S/C30H23N5O2S/c1-3-16-37-25-15-14-22(17-20(25)2)27-23(19-34(32-27)24-12-8-5-9-13-24)18-26-29(36)35-30(38-26)31-28(33-35)21-10-6-4-7-11-21/h3-15,17-19H,1,16H2,2H3/b26-18-. The van der Waals surface area contributed by atoms with Gasteiger partial charge in [0.05, 0.1) is 10.2 Å². The number of hydrogen-bond donors (Lipinski definition) is 0. The van der Waals surface area contributed by atoms with Crippen molar-refractivity contribution in [3.63, 3.8) is 0 Å². The zero-order valence-electron chi connectivity index (χ0n) is 20.6. The van der Waals surface area contributed by atoms with E-state index in [-0.39, 0.29) is 5.56 Å². The highest BCUT2D eigenvalue weighted by atomic mass is 32.1. The number of nitrogens with zero attached hydrogens (tertiary/aromatic N) is 5. The highest BCUT2D eigenvalue weighted by Gasteiger charge is 2.15. The van der Waals surface area contributed by atoms with E-state index >= 15 is 0 Å². The summed E-state index contributed by atoms with van der Waals surface area (Å²) in [6.07, 6.45) is 5.52. The Morgan fingerprint density at radius 2 is 1.74 bits per heavy atom. The molecule has 0 bridgehead atoms. The Kier molecular flexibility index (Phi) is 6.15. The Morgan fingerprint density at radius 3 is 2.45 bits per heavy atom. The largest absolute Gasteiger partial charge is 0.489 e. The van der Waals surface area contributed by atoms with Gasteiger partial charge in [0.15, 0.2) is 5.82 Å². The lowest BCUT2D eigenvalue weighted by Gasteiger charge is -2.08. The zero-order valence-corrected chi connectivity index (χ0v) is 21.4. The Bertz CT molecular complexity index is 1870. The van der Waals surface area contributed by atoms with E-state index in [1.165, 1.54) is 15.9 Å². The molecule has 0 unspecified atom stereocenters. The molecule has 0 fully saturated rings. The molecule has 0 aliphatic rings. The van der Waals surface area contributed by atoms with Crippen LogP contribution in [0.3, 0.4) is 0 Å². The number of fused-ring (bicyclic) bond motifs is 1. The minimum atomic E-state index is -0.206. The Labute approximate surface area is 222 Å². The first-order valence-corrected chi connectivity index (χ1v) is 12.9. The van der Waals surface area contributed by atoms with E-state index in [2.05, 4.69) is 16.7 Å². The molecule has 3 aromatic heterocycles. The summed E-state index contributed by atoms with van der Waals surface area (Å²) in [7, 11) is 0. The number of aromatic nitrogens is 5. The summed E-state index contributed by atoms with van der Waals surface area (Å²) in [4.78, 5) is 18.4. The van der Waals surface area contributed by atoms with E-state index in [0.717, 1.165) is 39.4 Å². The molecule has 0 N–H and O–H groups in total. The summed E-state index contributed by atoms with van der Waals surface area (Å²) in [5, 5.41) is 9.36. The van der Waals surface area contributed by atoms with Crippen LogP contribution in [0.4, 0.5) is 0 Å². The fraction of sp³-hybridized carbons (Fsp3) is 0.0667. The minimum Gasteiger partial charge on any atom is -0.489 e. The maximum Gasteiger partial charge on any atom is 0.291 e. The van der Waals surface area contributed by atoms with Crippen molar-refractivity contribution < 1.29 is 4.74 Å². The molecule has 7 nitrogen and oxygen atoms in total. The van der Waals surface area contributed by atoms with Crippen LogP contribution in [-0.4, -0.2) is 31.0 Å². The maximum atomic E-state index is 13.3. The molecule has 0 aliphatic heterocycles. The van der Waals surface area contributed by atoms with Gasteiger partial charge in [-0.05, 0) is 48.9 Å². The van der Waals surface area contributed by atoms with Gasteiger partial charge in [-0.1, -0.05) is 72.5 Å². The fourth-order valence-corrected chi connectivity index (χ4v) is 5.12. The second-order valence-electron chi connectivity index (χ2n) is 8.70. The zero-order chi connectivity index (χ0) is 26.1. The van der Waals surface area contributed by atoms with Gasteiger partial charge in [0.25, 0.3) is 5.56 Å². The number of benzene rings is 3. The Hall–Kier alpha value is -4.82. The predicted molar refractivity (Wildman–Crippen MR) is 151 cm³/mol. The molecular formula is C30H23N5O2S. The molecule has 0 radical (unpaired) electrons. The second-order valence-corrected chi connectivity index (χ2v) is 9.71. The molecule has 3 aromatic carbocycles. The van der Waals surface area contributed by atoms with Gasteiger partial charge >= 0.3 is 0 Å². The molecule has 6 rings (SSSR count). The van der Waals surface area contributed by atoms with Crippen molar-refractivity contribution in [3.05, 3.63) is 124 Å². The van der Waals surface area contributed by atoms with Crippen LogP contribution < -0.4 is 14.8 Å². The van der Waals surface area contributed by atoms with Gasteiger partial charge in [-0.3, -0.25) is 4.79 Å². The normalized spacial score (nSPS) is 11.8. The van der Waals surface area contributed by atoms with Crippen molar-refractivity contribution in [2.24, 2.45) is 0 Å². The first kappa shape index (κ1) is 23.6. The molecule has 186 valence electrons. The lowest BCUT2D eigenvalue weighted by Crippen LogP contribution is -2.23. The van der Waals surface area contributed by atoms with Crippen molar-refractivity contribution in [2.45, 2.75) is 6.92 Å². The van der Waals surface area contributed by atoms with Crippen molar-refractivity contribution in [1.82, 2.24) is 24.4 Å². The quantitative estimate of drug-likeness (QED) is 0.276. The molecule has 0 saturated heterocycles. The topological polar surface area (TPSA) is 74.3 Å². The number of aryl methyl sites for hydroxylation is 1. The van der Waals surface area contributed by atoms with Crippen molar-refractivity contribution in [3.8, 4) is 34.1 Å². The third-order valence-corrected chi connectivity index (χ3v) is 7.03. The molecule has 0 amide bonds. The van der Waals surface area contributed by atoms with Crippen molar-refractivity contribution >= 4 is 22.4 Å². The van der Waals surface area contributed by atoms with E-state index in [1.54, 1.807) is 6.08 Å². The molecule has 0 atom stereocenters. The average molecular weight is 518 g/mol. The number of ether oxygens (including phenoxy) is 1. The summed E-state index contributed by atoms with van der Waals surface area (Å²) in [6.45, 7) is 6.15. The van der Waals surface area contributed by atoms with Crippen LogP contribution in [0.2, 0.25) is 0 Å². The van der Waals surface area contributed by atoms with Crippen LogP contribution in [0.15, 0.2) is 103 Å². The average Bonchev–Trinajstić information content (AvgIpc) is 3.64. The van der Waals surface area contributed by atoms with Crippen molar-refractivity contribution in [1.29, 1.82) is 0 Å². The molecular weight excluding hydrogens is 494 g/mol. The van der Waals surface area contributed by atoms with Crippen LogP contribution in [0.25, 0.3) is 39.4 Å². The summed E-state index contributed by atoms with van der Waals surface area (Å²) < 4.78 is 9.49. The van der Waals surface area contributed by atoms with E-state index < -0.39 is 0 Å². The molecule has 0 saturated carbocycles. The number of thiazole rings is 1. The van der Waals surface area contributed by atoms with Gasteiger partial charge in [-0.25, -0.2) is 4.68 Å². The second kappa shape index (κ2) is 9.91. The van der Waals surface area contributed by atoms with E-state index in [0.29, 0.717) is 21.9 Å². The molecule has 0 aliphatic carbocycles. The summed E-state index contributed by atoms with van der Waals surface area (Å²) >= 11 is 1.31. The maximum absolute atomic E-state index is 13.3. The van der Waals surface area contributed by atoms with Gasteiger partial charge in [-0.15, -0.1) is 5.10 Å². The van der Waals surface area contributed by atoms with Crippen LogP contribution in [0.1, 0.15) is 11.1 Å². The predicted octanol–water partition coefficient (Wildman–Crippen LogP) is 5.09. The number of rotatable bonds is 7. The number of para-hydroxylation sites is 1. The molecule has 38 heavy (non-hydrogen) atoms. The third kappa shape index (κ3) is 4.42. The van der Waals surface area contributed by atoms with E-state index in [1.807, 2.05) is 103 Å². The third-order valence-electron chi connectivity index (χ3n) is 6.07. The molecule has 3 heterocycles. The number of hydrogen-bond acceptors (Lipinski definition) is 6. The van der Waals surface area contributed by atoms with Crippen LogP contribution in [0.5, 0.6) is 5.75 Å². The van der Waals surface area contributed by atoms with E-state index in [9.17, 15) is 4.79 Å². The fourth-order valence-electron chi connectivity index (χ4n) is 4.22. The van der Waals surface area contributed by atoms with Crippen LogP contribution in [-0.2, 0) is 0 Å².